The lowest BCUT2D eigenvalue weighted by atomic mass is 10.0. The minimum atomic E-state index is -0.854. The summed E-state index contributed by atoms with van der Waals surface area (Å²) in [7, 11) is 0. The number of carbonyl (C=O) groups excluding carboxylic acids is 2. The summed E-state index contributed by atoms with van der Waals surface area (Å²) in [6.45, 7) is 4.89. The predicted octanol–water partition coefficient (Wildman–Crippen LogP) is 19.0. The number of allylic oxidation sites excluding steroid dienone is 3. The Morgan fingerprint density at radius 3 is 1.04 bits per heavy atom. The van der Waals surface area contributed by atoms with Crippen molar-refractivity contribution in [1.29, 1.82) is 0 Å². The van der Waals surface area contributed by atoms with Crippen LogP contribution < -0.4 is 5.32 Å². The lowest BCUT2D eigenvalue weighted by Gasteiger charge is -2.20. The van der Waals surface area contributed by atoms with E-state index in [4.69, 9.17) is 4.74 Å². The number of ether oxygens (including phenoxy) is 1. The number of carbonyl (C=O) groups is 2. The van der Waals surface area contributed by atoms with Crippen LogP contribution in [0.1, 0.15) is 335 Å². The Morgan fingerprint density at radius 1 is 0.397 bits per heavy atom. The molecule has 2 atom stereocenters. The summed E-state index contributed by atoms with van der Waals surface area (Å²) in [5.41, 5.74) is 0. The zero-order valence-electron chi connectivity index (χ0n) is 45.9. The molecule has 0 saturated carbocycles. The van der Waals surface area contributed by atoms with E-state index in [0.717, 1.165) is 57.8 Å². The number of esters is 1. The lowest BCUT2D eigenvalue weighted by molar-refractivity contribution is -0.143. The topological polar surface area (TPSA) is 95.9 Å². The second-order valence-corrected chi connectivity index (χ2v) is 21.0. The van der Waals surface area contributed by atoms with E-state index in [-0.39, 0.29) is 18.5 Å². The van der Waals surface area contributed by atoms with Crippen LogP contribution in [0.15, 0.2) is 24.3 Å². The Labute approximate surface area is 424 Å². The first-order valence-electron chi connectivity index (χ1n) is 30.6. The van der Waals surface area contributed by atoms with Gasteiger partial charge in [-0.25, -0.2) is 0 Å². The number of unbranched alkanes of at least 4 members (excludes halogenated alkanes) is 44. The summed E-state index contributed by atoms with van der Waals surface area (Å²) in [5, 5.41) is 23.2. The highest BCUT2D eigenvalue weighted by Gasteiger charge is 2.18. The number of rotatable bonds is 57. The quantitative estimate of drug-likeness (QED) is 0.0321. The normalized spacial score (nSPS) is 12.7. The monoisotopic (exact) mass is 958 g/mol. The van der Waals surface area contributed by atoms with Crippen LogP contribution in [0.2, 0.25) is 0 Å². The molecular formula is C62H119NO5. The Hall–Kier alpha value is -1.66. The van der Waals surface area contributed by atoms with Crippen LogP contribution in [0.3, 0.4) is 0 Å². The summed E-state index contributed by atoms with van der Waals surface area (Å²) in [5.74, 6) is -0.0914. The standard InChI is InChI=1S/C62H119NO5/c1-3-5-7-9-11-13-15-17-19-21-22-23-24-25-26-27-30-34-38-42-46-50-54-60(65)59(58-64)63-61(66)55-51-47-43-39-35-31-29-33-37-41-45-49-53-57-68-62(67)56-52-48-44-40-36-32-28-20-18-16-14-12-10-8-6-4-2/h20,28,50,54,59-60,64-65H,3-19,21-27,29-49,51-53,55-58H2,1-2H3,(H,63,66)/b28-20-,54-50+. The Kier molecular flexibility index (Phi) is 56.5. The molecule has 0 aliphatic rings. The van der Waals surface area contributed by atoms with Crippen molar-refractivity contribution in [3.05, 3.63) is 24.3 Å². The van der Waals surface area contributed by atoms with E-state index in [1.807, 2.05) is 6.08 Å². The van der Waals surface area contributed by atoms with Crippen molar-refractivity contribution >= 4 is 11.9 Å². The molecule has 0 fully saturated rings. The molecule has 0 aromatic rings. The summed E-state index contributed by atoms with van der Waals surface area (Å²) in [4.78, 5) is 24.6. The summed E-state index contributed by atoms with van der Waals surface area (Å²) < 4.78 is 5.47. The third-order valence-corrected chi connectivity index (χ3v) is 14.2. The molecule has 1 amide bonds. The van der Waals surface area contributed by atoms with Crippen LogP contribution in [0.5, 0.6) is 0 Å². The molecule has 0 spiro atoms. The minimum absolute atomic E-state index is 0.0135. The van der Waals surface area contributed by atoms with E-state index in [9.17, 15) is 19.8 Å². The number of aliphatic hydroxyl groups excluding tert-OH is 2. The fraction of sp³-hybridized carbons (Fsp3) is 0.903. The van der Waals surface area contributed by atoms with E-state index in [2.05, 4.69) is 31.3 Å². The van der Waals surface area contributed by atoms with Crippen LogP contribution in [-0.4, -0.2) is 47.4 Å². The maximum Gasteiger partial charge on any atom is 0.305 e. The highest BCUT2D eigenvalue weighted by atomic mass is 16.5. The number of nitrogens with one attached hydrogen (secondary N) is 1. The zero-order chi connectivity index (χ0) is 49.3. The second-order valence-electron chi connectivity index (χ2n) is 21.0. The van der Waals surface area contributed by atoms with Gasteiger partial charge < -0.3 is 20.3 Å². The molecule has 0 aliphatic heterocycles. The van der Waals surface area contributed by atoms with Crippen molar-refractivity contribution in [3.8, 4) is 0 Å². The van der Waals surface area contributed by atoms with Gasteiger partial charge in [0, 0.05) is 12.8 Å². The first kappa shape index (κ1) is 66.3. The third kappa shape index (κ3) is 53.7. The average molecular weight is 959 g/mol. The van der Waals surface area contributed by atoms with Crippen molar-refractivity contribution < 1.29 is 24.5 Å². The second kappa shape index (κ2) is 57.9. The van der Waals surface area contributed by atoms with Gasteiger partial charge in [0.2, 0.25) is 5.91 Å². The SMILES string of the molecule is CCCCCCCCC/C=C\CCCCCCCC(=O)OCCCCCCCCCCCCCCCC(=O)NC(CO)C(O)/C=C/CCCCCCCCCCCCCCCCCCCCCC. The van der Waals surface area contributed by atoms with E-state index in [0.29, 0.717) is 19.4 Å². The van der Waals surface area contributed by atoms with Gasteiger partial charge >= 0.3 is 5.97 Å². The molecule has 0 aromatic carbocycles. The van der Waals surface area contributed by atoms with Crippen LogP contribution >= 0.6 is 0 Å². The Bertz CT molecular complexity index is 1060. The number of hydrogen-bond acceptors (Lipinski definition) is 5. The van der Waals surface area contributed by atoms with E-state index in [1.165, 1.54) is 250 Å². The molecule has 6 heteroatoms. The Balaban J connectivity index is 3.48. The third-order valence-electron chi connectivity index (χ3n) is 14.2. The van der Waals surface area contributed by atoms with Gasteiger partial charge in [0.25, 0.3) is 0 Å². The van der Waals surface area contributed by atoms with Gasteiger partial charge in [-0.15, -0.1) is 0 Å². The van der Waals surface area contributed by atoms with Gasteiger partial charge in [0.05, 0.1) is 25.4 Å². The Morgan fingerprint density at radius 2 is 0.691 bits per heavy atom. The molecule has 0 saturated heterocycles. The lowest BCUT2D eigenvalue weighted by Crippen LogP contribution is -2.45. The molecule has 0 rings (SSSR count). The summed E-state index contributed by atoms with van der Waals surface area (Å²) in [6.07, 6.45) is 70.6. The van der Waals surface area contributed by atoms with Crippen LogP contribution in [0, 0.1) is 0 Å². The predicted molar refractivity (Wildman–Crippen MR) is 296 cm³/mol. The van der Waals surface area contributed by atoms with Crippen molar-refractivity contribution in [2.24, 2.45) is 0 Å². The minimum Gasteiger partial charge on any atom is -0.466 e. The van der Waals surface area contributed by atoms with Gasteiger partial charge in [-0.1, -0.05) is 289 Å². The molecular weight excluding hydrogens is 839 g/mol. The van der Waals surface area contributed by atoms with E-state index >= 15 is 0 Å². The number of amides is 1. The average Bonchev–Trinajstić information content (AvgIpc) is 3.34. The number of hydrogen-bond donors (Lipinski definition) is 3. The van der Waals surface area contributed by atoms with Crippen molar-refractivity contribution in [2.45, 2.75) is 347 Å². The van der Waals surface area contributed by atoms with Gasteiger partial charge in [-0.2, -0.15) is 0 Å². The van der Waals surface area contributed by atoms with Crippen molar-refractivity contribution in [1.82, 2.24) is 5.32 Å². The van der Waals surface area contributed by atoms with Crippen molar-refractivity contribution in [3.63, 3.8) is 0 Å². The van der Waals surface area contributed by atoms with E-state index < -0.39 is 12.1 Å². The maximum atomic E-state index is 12.5. The first-order chi connectivity index (χ1) is 33.5. The number of aliphatic hydroxyl groups is 2. The zero-order valence-corrected chi connectivity index (χ0v) is 45.9. The highest BCUT2D eigenvalue weighted by molar-refractivity contribution is 5.76. The molecule has 0 radical (unpaired) electrons. The van der Waals surface area contributed by atoms with Gasteiger partial charge in [0.15, 0.2) is 0 Å². The molecule has 3 N–H and O–H groups in total. The molecule has 6 nitrogen and oxygen atoms in total. The molecule has 0 aromatic heterocycles. The molecule has 68 heavy (non-hydrogen) atoms. The molecule has 0 bridgehead atoms. The fourth-order valence-electron chi connectivity index (χ4n) is 9.51. The smallest absolute Gasteiger partial charge is 0.305 e. The fourth-order valence-corrected chi connectivity index (χ4v) is 9.51. The van der Waals surface area contributed by atoms with Crippen molar-refractivity contribution in [2.75, 3.05) is 13.2 Å². The summed E-state index contributed by atoms with van der Waals surface area (Å²) in [6, 6.07) is -0.639. The van der Waals surface area contributed by atoms with Gasteiger partial charge in [-0.05, 0) is 57.8 Å². The van der Waals surface area contributed by atoms with Gasteiger partial charge in [-0.3, -0.25) is 9.59 Å². The van der Waals surface area contributed by atoms with Crippen LogP contribution in [0.4, 0.5) is 0 Å². The largest absolute Gasteiger partial charge is 0.466 e. The summed E-state index contributed by atoms with van der Waals surface area (Å²) >= 11 is 0. The highest BCUT2D eigenvalue weighted by Crippen LogP contribution is 2.17. The molecule has 0 heterocycles. The first-order valence-corrected chi connectivity index (χ1v) is 30.6. The van der Waals surface area contributed by atoms with Crippen LogP contribution in [0.25, 0.3) is 0 Å². The van der Waals surface area contributed by atoms with E-state index in [1.54, 1.807) is 6.08 Å². The molecule has 0 aliphatic carbocycles. The molecule has 402 valence electrons. The molecule has 2 unspecified atom stereocenters. The van der Waals surface area contributed by atoms with Crippen LogP contribution in [-0.2, 0) is 14.3 Å². The van der Waals surface area contributed by atoms with Gasteiger partial charge in [0.1, 0.15) is 0 Å². The maximum absolute atomic E-state index is 12.5.